The number of piperidine rings is 1. The summed E-state index contributed by atoms with van der Waals surface area (Å²) in [5.41, 5.74) is 1.79. The van der Waals surface area contributed by atoms with Crippen LogP contribution < -0.4 is 10.2 Å². The molecule has 3 fully saturated rings. The number of carbonyl (C=O) groups excluding carboxylic acids is 2. The highest BCUT2D eigenvalue weighted by molar-refractivity contribution is 6.05. The standard InChI is InChI=1S/C20H27N3O2/c1-22(18(24)15-6-7-15)17-5-3-2-4-16(17)19(25)23-12-9-20(10-13-23)8-11-21-14-20/h2-5,15,21H,6-14H2,1H3. The number of hydrogen-bond donors (Lipinski definition) is 1. The van der Waals surface area contributed by atoms with Crippen LogP contribution >= 0.6 is 0 Å². The Labute approximate surface area is 149 Å². The zero-order chi connectivity index (χ0) is 17.4. The molecule has 0 atom stereocenters. The molecule has 25 heavy (non-hydrogen) atoms. The Balaban J connectivity index is 1.49. The molecule has 2 heterocycles. The van der Waals surface area contributed by atoms with Gasteiger partial charge < -0.3 is 15.1 Å². The molecule has 5 nitrogen and oxygen atoms in total. The minimum absolute atomic E-state index is 0.0619. The van der Waals surface area contributed by atoms with Crippen molar-refractivity contribution in [3.05, 3.63) is 29.8 Å². The molecule has 1 aromatic rings. The summed E-state index contributed by atoms with van der Waals surface area (Å²) in [5, 5.41) is 3.46. The molecular weight excluding hydrogens is 314 g/mol. The summed E-state index contributed by atoms with van der Waals surface area (Å²) in [5.74, 6) is 0.347. The van der Waals surface area contributed by atoms with E-state index in [0.717, 1.165) is 57.5 Å². The maximum Gasteiger partial charge on any atom is 0.255 e. The molecule has 2 aliphatic heterocycles. The third-order valence-corrected chi connectivity index (χ3v) is 6.20. The van der Waals surface area contributed by atoms with E-state index in [-0.39, 0.29) is 17.7 Å². The van der Waals surface area contributed by atoms with Crippen LogP contribution in [0, 0.1) is 11.3 Å². The van der Waals surface area contributed by atoms with Crippen molar-refractivity contribution < 1.29 is 9.59 Å². The van der Waals surface area contributed by atoms with Gasteiger partial charge in [-0.2, -0.15) is 0 Å². The molecule has 3 aliphatic rings. The molecule has 0 unspecified atom stereocenters. The van der Waals surface area contributed by atoms with E-state index in [4.69, 9.17) is 0 Å². The van der Waals surface area contributed by atoms with Crippen LogP contribution in [0.3, 0.4) is 0 Å². The van der Waals surface area contributed by atoms with Gasteiger partial charge in [0.05, 0.1) is 11.3 Å². The summed E-state index contributed by atoms with van der Waals surface area (Å²) in [7, 11) is 1.79. The Morgan fingerprint density at radius 2 is 1.88 bits per heavy atom. The summed E-state index contributed by atoms with van der Waals surface area (Å²) in [4.78, 5) is 29.2. The van der Waals surface area contributed by atoms with Crippen molar-refractivity contribution in [1.82, 2.24) is 10.2 Å². The second-order valence-corrected chi connectivity index (χ2v) is 7.91. The van der Waals surface area contributed by atoms with Crippen LogP contribution in [0.1, 0.15) is 42.5 Å². The highest BCUT2D eigenvalue weighted by Crippen LogP contribution is 2.38. The van der Waals surface area contributed by atoms with Crippen molar-refractivity contribution in [1.29, 1.82) is 0 Å². The largest absolute Gasteiger partial charge is 0.339 e. The molecule has 5 heteroatoms. The highest BCUT2D eigenvalue weighted by Gasteiger charge is 2.39. The molecule has 0 radical (unpaired) electrons. The zero-order valence-electron chi connectivity index (χ0n) is 15.0. The highest BCUT2D eigenvalue weighted by atomic mass is 16.2. The minimum atomic E-state index is 0.0619. The van der Waals surface area contributed by atoms with Crippen molar-refractivity contribution >= 4 is 17.5 Å². The monoisotopic (exact) mass is 341 g/mol. The first-order valence-corrected chi connectivity index (χ1v) is 9.46. The number of nitrogens with one attached hydrogen (secondary N) is 1. The van der Waals surface area contributed by atoms with E-state index in [1.165, 1.54) is 6.42 Å². The molecule has 1 aliphatic carbocycles. The third kappa shape index (κ3) is 3.17. The van der Waals surface area contributed by atoms with Gasteiger partial charge in [-0.1, -0.05) is 12.1 Å². The molecule has 1 saturated carbocycles. The Bertz CT molecular complexity index is 667. The SMILES string of the molecule is CN(C(=O)C1CC1)c1ccccc1C(=O)N1CCC2(CCNC2)CC1. The Morgan fingerprint density at radius 3 is 2.52 bits per heavy atom. The van der Waals surface area contributed by atoms with Crippen LogP contribution in [-0.4, -0.2) is 49.9 Å². The van der Waals surface area contributed by atoms with Gasteiger partial charge in [0.25, 0.3) is 5.91 Å². The Kier molecular flexibility index (Phi) is 4.28. The normalized spacial score (nSPS) is 22.2. The first-order valence-electron chi connectivity index (χ1n) is 9.46. The van der Waals surface area contributed by atoms with Crippen LogP contribution in [0.15, 0.2) is 24.3 Å². The molecule has 0 bridgehead atoms. The van der Waals surface area contributed by atoms with E-state index in [1.54, 1.807) is 11.9 Å². The van der Waals surface area contributed by atoms with Gasteiger partial charge >= 0.3 is 0 Å². The van der Waals surface area contributed by atoms with Crippen LogP contribution in [0.2, 0.25) is 0 Å². The van der Waals surface area contributed by atoms with Gasteiger partial charge in [-0.25, -0.2) is 0 Å². The molecule has 4 rings (SSSR count). The molecule has 2 saturated heterocycles. The van der Waals surface area contributed by atoms with E-state index in [9.17, 15) is 9.59 Å². The number of hydrogen-bond acceptors (Lipinski definition) is 3. The van der Waals surface area contributed by atoms with Crippen LogP contribution in [0.5, 0.6) is 0 Å². The third-order valence-electron chi connectivity index (χ3n) is 6.20. The summed E-state index contributed by atoms with van der Waals surface area (Å²) in [6.07, 6.45) is 5.32. The van der Waals surface area contributed by atoms with Crippen LogP contribution in [0.4, 0.5) is 5.69 Å². The lowest BCUT2D eigenvalue weighted by atomic mass is 9.78. The van der Waals surface area contributed by atoms with Gasteiger partial charge in [0.15, 0.2) is 0 Å². The molecular formula is C20H27N3O2. The van der Waals surface area contributed by atoms with E-state index in [1.807, 2.05) is 29.2 Å². The summed E-state index contributed by atoms with van der Waals surface area (Å²) < 4.78 is 0. The summed E-state index contributed by atoms with van der Waals surface area (Å²) in [6.45, 7) is 3.82. The van der Waals surface area contributed by atoms with Crippen molar-refractivity contribution in [3.63, 3.8) is 0 Å². The number of nitrogens with zero attached hydrogens (tertiary/aromatic N) is 2. The van der Waals surface area contributed by atoms with E-state index in [2.05, 4.69) is 5.32 Å². The number of benzene rings is 1. The summed E-state index contributed by atoms with van der Waals surface area (Å²) >= 11 is 0. The molecule has 1 spiro atoms. The number of rotatable bonds is 3. The quantitative estimate of drug-likeness (QED) is 0.918. The predicted molar refractivity (Wildman–Crippen MR) is 97.6 cm³/mol. The lowest BCUT2D eigenvalue weighted by Crippen LogP contribution is -2.44. The number of para-hydroxylation sites is 1. The first kappa shape index (κ1) is 16.6. The second kappa shape index (κ2) is 6.45. The Hall–Kier alpha value is -1.88. The van der Waals surface area contributed by atoms with Crippen LogP contribution in [0.25, 0.3) is 0 Å². The zero-order valence-corrected chi connectivity index (χ0v) is 15.0. The lowest BCUT2D eigenvalue weighted by molar-refractivity contribution is -0.119. The molecule has 0 aromatic heterocycles. The van der Waals surface area contributed by atoms with Gasteiger partial charge in [0, 0.05) is 32.6 Å². The number of amides is 2. The van der Waals surface area contributed by atoms with Crippen molar-refractivity contribution in [2.24, 2.45) is 11.3 Å². The van der Waals surface area contributed by atoms with E-state index < -0.39 is 0 Å². The van der Waals surface area contributed by atoms with Crippen LogP contribution in [-0.2, 0) is 4.79 Å². The molecule has 2 amide bonds. The van der Waals surface area contributed by atoms with E-state index in [0.29, 0.717) is 11.0 Å². The smallest absolute Gasteiger partial charge is 0.255 e. The molecule has 134 valence electrons. The minimum Gasteiger partial charge on any atom is -0.339 e. The van der Waals surface area contributed by atoms with Gasteiger partial charge in [-0.05, 0) is 56.2 Å². The first-order chi connectivity index (χ1) is 12.1. The fourth-order valence-electron chi connectivity index (χ4n) is 4.25. The number of likely N-dealkylation sites (tertiary alicyclic amines) is 1. The maximum absolute atomic E-state index is 13.1. The lowest BCUT2D eigenvalue weighted by Gasteiger charge is -2.39. The molecule has 1 N–H and O–H groups in total. The molecule has 1 aromatic carbocycles. The number of anilines is 1. The predicted octanol–water partition coefficient (Wildman–Crippen LogP) is 2.28. The second-order valence-electron chi connectivity index (χ2n) is 7.91. The van der Waals surface area contributed by atoms with Crippen molar-refractivity contribution in [2.75, 3.05) is 38.1 Å². The number of carbonyl (C=O) groups is 2. The fraction of sp³-hybridized carbons (Fsp3) is 0.600. The maximum atomic E-state index is 13.1. The fourth-order valence-corrected chi connectivity index (χ4v) is 4.25. The van der Waals surface area contributed by atoms with Crippen molar-refractivity contribution in [2.45, 2.75) is 32.1 Å². The van der Waals surface area contributed by atoms with Gasteiger partial charge in [-0.15, -0.1) is 0 Å². The average molecular weight is 341 g/mol. The Morgan fingerprint density at radius 1 is 1.16 bits per heavy atom. The van der Waals surface area contributed by atoms with Crippen molar-refractivity contribution in [3.8, 4) is 0 Å². The van der Waals surface area contributed by atoms with Gasteiger partial charge in [0.1, 0.15) is 0 Å². The summed E-state index contributed by atoms with van der Waals surface area (Å²) in [6, 6.07) is 7.53. The van der Waals surface area contributed by atoms with Gasteiger partial charge in [-0.3, -0.25) is 9.59 Å². The van der Waals surface area contributed by atoms with E-state index >= 15 is 0 Å². The topological polar surface area (TPSA) is 52.7 Å². The van der Waals surface area contributed by atoms with Gasteiger partial charge in [0.2, 0.25) is 5.91 Å². The average Bonchev–Trinajstić information content (AvgIpc) is 3.41.